The molecule has 0 aliphatic heterocycles. The summed E-state index contributed by atoms with van der Waals surface area (Å²) in [6.07, 6.45) is 0.621. The van der Waals surface area contributed by atoms with E-state index in [9.17, 15) is 9.18 Å². The normalized spacial score (nSPS) is 11.4. The van der Waals surface area contributed by atoms with E-state index < -0.39 is 17.3 Å². The van der Waals surface area contributed by atoms with Crippen molar-refractivity contribution in [2.75, 3.05) is 5.88 Å². The molecule has 0 fully saturated rings. The van der Waals surface area contributed by atoms with Gasteiger partial charge in [-0.3, -0.25) is 4.79 Å². The molecule has 0 aliphatic carbocycles. The molecule has 0 spiro atoms. The van der Waals surface area contributed by atoms with E-state index in [-0.39, 0.29) is 10.0 Å². The van der Waals surface area contributed by atoms with E-state index >= 15 is 0 Å². The van der Waals surface area contributed by atoms with Crippen LogP contribution >= 0.6 is 27.5 Å². The monoisotopic (exact) mass is 321 g/mol. The summed E-state index contributed by atoms with van der Waals surface area (Å²) in [5.41, 5.74) is -0.421. The Morgan fingerprint density at radius 3 is 2.76 bits per heavy atom. The fraction of sp³-hybridized carbons (Fsp3) is 0.417. The molecule has 1 aromatic carbocycles. The maximum Gasteiger partial charge on any atom is 0.254 e. The molecular formula is C12H14BrClFNO. The van der Waals surface area contributed by atoms with Gasteiger partial charge in [0, 0.05) is 11.4 Å². The lowest BCUT2D eigenvalue weighted by molar-refractivity contribution is 0.0907. The minimum absolute atomic E-state index is 0.0297. The molecule has 1 amide bonds. The predicted molar refractivity (Wildman–Crippen MR) is 71.0 cm³/mol. The van der Waals surface area contributed by atoms with Crippen LogP contribution in [0, 0.1) is 5.82 Å². The molecule has 0 aliphatic rings. The third-order valence-corrected chi connectivity index (χ3v) is 3.17. The van der Waals surface area contributed by atoms with Crippen molar-refractivity contribution < 1.29 is 9.18 Å². The number of amides is 1. The fourth-order valence-corrected chi connectivity index (χ4v) is 2.19. The molecule has 2 nitrogen and oxygen atoms in total. The number of benzene rings is 1. The van der Waals surface area contributed by atoms with Gasteiger partial charge in [-0.1, -0.05) is 6.07 Å². The highest BCUT2D eigenvalue weighted by molar-refractivity contribution is 9.10. The zero-order valence-electron chi connectivity index (χ0n) is 9.69. The van der Waals surface area contributed by atoms with Crippen molar-refractivity contribution in [2.24, 2.45) is 0 Å². The molecule has 17 heavy (non-hydrogen) atoms. The first kappa shape index (κ1) is 14.5. The molecule has 5 heteroatoms. The van der Waals surface area contributed by atoms with Crippen LogP contribution in [0.1, 0.15) is 30.6 Å². The number of halogens is 3. The van der Waals surface area contributed by atoms with Crippen LogP contribution in [0.2, 0.25) is 0 Å². The van der Waals surface area contributed by atoms with Crippen LogP contribution in [0.4, 0.5) is 4.39 Å². The molecule has 0 unspecified atom stereocenters. The Hall–Kier alpha value is -0.610. The van der Waals surface area contributed by atoms with Crippen molar-refractivity contribution in [1.82, 2.24) is 5.32 Å². The van der Waals surface area contributed by atoms with Crippen LogP contribution in [-0.4, -0.2) is 17.3 Å². The van der Waals surface area contributed by atoms with E-state index in [2.05, 4.69) is 21.2 Å². The molecular weight excluding hydrogens is 308 g/mol. The minimum atomic E-state index is -0.549. The number of nitrogens with one attached hydrogen (secondary N) is 1. The summed E-state index contributed by atoms with van der Waals surface area (Å²) in [6.45, 7) is 3.70. The first-order valence-corrected chi connectivity index (χ1v) is 6.52. The van der Waals surface area contributed by atoms with Crippen LogP contribution in [0.5, 0.6) is 0 Å². The van der Waals surface area contributed by atoms with E-state index in [1.807, 2.05) is 13.8 Å². The topological polar surface area (TPSA) is 29.1 Å². The van der Waals surface area contributed by atoms with Gasteiger partial charge in [0.15, 0.2) is 0 Å². The van der Waals surface area contributed by atoms with Crippen molar-refractivity contribution in [2.45, 2.75) is 25.8 Å². The molecule has 0 saturated heterocycles. The van der Waals surface area contributed by atoms with Crippen molar-refractivity contribution >= 4 is 33.4 Å². The van der Waals surface area contributed by atoms with Crippen LogP contribution in [0.15, 0.2) is 22.7 Å². The minimum Gasteiger partial charge on any atom is -0.347 e. The summed E-state index contributed by atoms with van der Waals surface area (Å²) in [6, 6.07) is 4.62. The van der Waals surface area contributed by atoms with Gasteiger partial charge in [-0.25, -0.2) is 4.39 Å². The Morgan fingerprint density at radius 1 is 1.53 bits per heavy atom. The lowest BCUT2D eigenvalue weighted by atomic mass is 10.0. The Bertz CT molecular complexity index is 423. The van der Waals surface area contributed by atoms with E-state index in [4.69, 9.17) is 11.6 Å². The second-order valence-electron chi connectivity index (χ2n) is 4.38. The van der Waals surface area contributed by atoms with Gasteiger partial charge in [-0.15, -0.1) is 11.6 Å². The molecule has 0 aromatic heterocycles. The molecule has 0 bridgehead atoms. The zero-order chi connectivity index (χ0) is 13.1. The van der Waals surface area contributed by atoms with Crippen LogP contribution in [0.3, 0.4) is 0 Å². The maximum absolute atomic E-state index is 13.7. The number of rotatable bonds is 4. The summed E-state index contributed by atoms with van der Waals surface area (Å²) in [7, 11) is 0. The fourth-order valence-electron chi connectivity index (χ4n) is 1.35. The lowest BCUT2D eigenvalue weighted by Crippen LogP contribution is -2.44. The second kappa shape index (κ2) is 5.83. The summed E-state index contributed by atoms with van der Waals surface area (Å²) in [4.78, 5) is 11.9. The predicted octanol–water partition coefficient (Wildman–Crippen LogP) is 3.73. The molecule has 1 rings (SSSR count). The molecule has 0 heterocycles. The molecule has 1 aromatic rings. The summed E-state index contributed by atoms with van der Waals surface area (Å²) < 4.78 is 14.0. The van der Waals surface area contributed by atoms with Gasteiger partial charge in [0.1, 0.15) is 5.82 Å². The van der Waals surface area contributed by atoms with Gasteiger partial charge >= 0.3 is 0 Å². The third kappa shape index (κ3) is 3.96. The SMILES string of the molecule is CC(C)(CCCl)NC(=O)c1cccc(Br)c1F. The number of hydrogen-bond donors (Lipinski definition) is 1. The summed E-state index contributed by atoms with van der Waals surface area (Å²) >= 11 is 8.69. The van der Waals surface area contributed by atoms with Crippen molar-refractivity contribution in [1.29, 1.82) is 0 Å². The first-order chi connectivity index (χ1) is 7.87. The Labute approximate surface area is 114 Å². The van der Waals surface area contributed by atoms with Crippen molar-refractivity contribution in [3.8, 4) is 0 Å². The number of alkyl halides is 1. The Morgan fingerprint density at radius 2 is 2.18 bits per heavy atom. The van der Waals surface area contributed by atoms with E-state index in [1.165, 1.54) is 6.07 Å². The standard InChI is InChI=1S/C12H14BrClFNO/c1-12(2,6-7-14)16-11(17)8-4-3-5-9(13)10(8)15/h3-5H,6-7H2,1-2H3,(H,16,17). The third-order valence-electron chi connectivity index (χ3n) is 2.37. The highest BCUT2D eigenvalue weighted by atomic mass is 79.9. The smallest absolute Gasteiger partial charge is 0.254 e. The number of hydrogen-bond acceptors (Lipinski definition) is 1. The molecule has 94 valence electrons. The van der Waals surface area contributed by atoms with E-state index in [0.717, 1.165) is 0 Å². The van der Waals surface area contributed by atoms with Crippen LogP contribution in [0.25, 0.3) is 0 Å². The average Bonchev–Trinajstić information content (AvgIpc) is 2.21. The molecule has 0 saturated carbocycles. The highest BCUT2D eigenvalue weighted by Crippen LogP contribution is 2.19. The van der Waals surface area contributed by atoms with E-state index in [1.54, 1.807) is 12.1 Å². The average molecular weight is 323 g/mol. The molecule has 0 radical (unpaired) electrons. The van der Waals surface area contributed by atoms with Crippen molar-refractivity contribution in [3.05, 3.63) is 34.1 Å². The van der Waals surface area contributed by atoms with Gasteiger partial charge < -0.3 is 5.32 Å². The number of carbonyl (C=O) groups is 1. The maximum atomic E-state index is 13.7. The molecule has 0 atom stereocenters. The Kier molecular flexibility index (Phi) is 4.95. The van der Waals surface area contributed by atoms with Gasteiger partial charge in [-0.05, 0) is 48.3 Å². The van der Waals surface area contributed by atoms with Gasteiger partial charge in [-0.2, -0.15) is 0 Å². The van der Waals surface area contributed by atoms with Crippen molar-refractivity contribution in [3.63, 3.8) is 0 Å². The van der Waals surface area contributed by atoms with E-state index in [0.29, 0.717) is 12.3 Å². The number of carbonyl (C=O) groups excluding carboxylic acids is 1. The molecule has 1 N–H and O–H groups in total. The van der Waals surface area contributed by atoms with Crippen LogP contribution < -0.4 is 5.32 Å². The van der Waals surface area contributed by atoms with Crippen LogP contribution in [-0.2, 0) is 0 Å². The second-order valence-corrected chi connectivity index (χ2v) is 5.61. The van der Waals surface area contributed by atoms with Gasteiger partial charge in [0.05, 0.1) is 10.0 Å². The quantitative estimate of drug-likeness (QED) is 0.841. The van der Waals surface area contributed by atoms with Gasteiger partial charge in [0.25, 0.3) is 5.91 Å². The first-order valence-electron chi connectivity index (χ1n) is 5.20. The van der Waals surface area contributed by atoms with Gasteiger partial charge in [0.2, 0.25) is 0 Å². The zero-order valence-corrected chi connectivity index (χ0v) is 12.0. The Balaban J connectivity index is 2.87. The lowest BCUT2D eigenvalue weighted by Gasteiger charge is -2.25. The largest absolute Gasteiger partial charge is 0.347 e. The highest BCUT2D eigenvalue weighted by Gasteiger charge is 2.22. The summed E-state index contributed by atoms with van der Waals surface area (Å²) in [5, 5.41) is 2.76. The summed E-state index contributed by atoms with van der Waals surface area (Å²) in [5.74, 6) is -0.542.